The van der Waals surface area contributed by atoms with Crippen LogP contribution in [0.4, 0.5) is 5.69 Å². The molecule has 0 bridgehead atoms. The minimum absolute atomic E-state index is 0.166. The molecule has 0 spiro atoms. The number of hydrogen-bond acceptors (Lipinski definition) is 6. The van der Waals surface area contributed by atoms with Gasteiger partial charge < -0.3 is 9.64 Å². The number of carbonyl (C=O) groups is 1. The van der Waals surface area contributed by atoms with Crippen LogP contribution in [0.3, 0.4) is 0 Å². The van der Waals surface area contributed by atoms with Gasteiger partial charge in [-0.3, -0.25) is 9.78 Å². The molecule has 0 unspecified atom stereocenters. The van der Waals surface area contributed by atoms with Gasteiger partial charge in [-0.15, -0.1) is 11.3 Å². The third-order valence-electron chi connectivity index (χ3n) is 5.22. The maximum atomic E-state index is 12.9. The minimum atomic E-state index is -0.166. The largest absolute Gasteiger partial charge is 0.487 e. The van der Waals surface area contributed by atoms with E-state index in [1.54, 1.807) is 29.7 Å². The number of aromatic nitrogens is 3. The topological polar surface area (TPSA) is 68.2 Å². The van der Waals surface area contributed by atoms with Gasteiger partial charge in [-0.05, 0) is 48.5 Å². The van der Waals surface area contributed by atoms with Gasteiger partial charge in [-0.25, -0.2) is 9.97 Å². The molecule has 0 fully saturated rings. The van der Waals surface area contributed by atoms with E-state index in [0.29, 0.717) is 18.1 Å². The van der Waals surface area contributed by atoms with E-state index in [1.807, 2.05) is 72.8 Å². The summed E-state index contributed by atoms with van der Waals surface area (Å²) in [7, 11) is 1.74. The number of para-hydroxylation sites is 1. The Hall–Kier alpha value is -4.10. The zero-order chi connectivity index (χ0) is 22.6. The summed E-state index contributed by atoms with van der Waals surface area (Å²) in [6.45, 7) is 0.371. The summed E-state index contributed by atoms with van der Waals surface area (Å²) >= 11 is 1.44. The maximum Gasteiger partial charge on any atom is 0.277 e. The fraction of sp³-hybridized carbons (Fsp3) is 0.0769. The standard InChI is InChI=1S/C26H20N4O2S/c1-30(26(31)24-17-33-25(29-24)19-12-14-27-15-13-19)21-8-10-22(11-9-21)32-16-20-7-6-18-4-2-3-5-23(18)28-20/h2-15,17H,16H2,1H3. The third-order valence-corrected chi connectivity index (χ3v) is 6.11. The van der Waals surface area contributed by atoms with E-state index in [9.17, 15) is 4.79 Å². The predicted octanol–water partition coefficient (Wildman–Crippen LogP) is 5.61. The second-order valence-corrected chi connectivity index (χ2v) is 8.27. The number of benzene rings is 2. The van der Waals surface area contributed by atoms with Crippen molar-refractivity contribution in [3.05, 3.63) is 102 Å². The van der Waals surface area contributed by atoms with Crippen molar-refractivity contribution in [3.63, 3.8) is 0 Å². The highest BCUT2D eigenvalue weighted by molar-refractivity contribution is 7.13. The van der Waals surface area contributed by atoms with Gasteiger partial charge in [0, 0.05) is 41.5 Å². The monoisotopic (exact) mass is 452 g/mol. The van der Waals surface area contributed by atoms with Crippen LogP contribution in [0, 0.1) is 0 Å². The zero-order valence-corrected chi connectivity index (χ0v) is 18.7. The van der Waals surface area contributed by atoms with Crippen LogP contribution in [-0.2, 0) is 6.61 Å². The molecule has 0 N–H and O–H groups in total. The molecule has 0 aliphatic rings. The molecular weight excluding hydrogens is 432 g/mol. The van der Waals surface area contributed by atoms with Gasteiger partial charge in [0.1, 0.15) is 23.1 Å². The Morgan fingerprint density at radius 2 is 1.73 bits per heavy atom. The maximum absolute atomic E-state index is 12.9. The molecule has 3 aromatic heterocycles. The second kappa shape index (κ2) is 9.18. The van der Waals surface area contributed by atoms with Crippen molar-refractivity contribution < 1.29 is 9.53 Å². The van der Waals surface area contributed by atoms with Crippen molar-refractivity contribution in [2.75, 3.05) is 11.9 Å². The molecular formula is C26H20N4O2S. The number of hydrogen-bond donors (Lipinski definition) is 0. The van der Waals surface area contributed by atoms with Crippen molar-refractivity contribution in [2.24, 2.45) is 0 Å². The first-order chi connectivity index (χ1) is 16.2. The molecule has 5 aromatic rings. The van der Waals surface area contributed by atoms with Crippen molar-refractivity contribution in [1.82, 2.24) is 15.0 Å². The van der Waals surface area contributed by atoms with Crippen molar-refractivity contribution in [2.45, 2.75) is 6.61 Å². The molecule has 2 aromatic carbocycles. The Balaban J connectivity index is 1.24. The first-order valence-corrected chi connectivity index (χ1v) is 11.3. The lowest BCUT2D eigenvalue weighted by Crippen LogP contribution is -2.26. The van der Waals surface area contributed by atoms with Crippen molar-refractivity contribution in [1.29, 1.82) is 0 Å². The van der Waals surface area contributed by atoms with Gasteiger partial charge >= 0.3 is 0 Å². The molecule has 1 amide bonds. The molecule has 7 heteroatoms. The minimum Gasteiger partial charge on any atom is -0.487 e. The van der Waals surface area contributed by atoms with E-state index in [-0.39, 0.29) is 5.91 Å². The fourth-order valence-corrected chi connectivity index (χ4v) is 4.20. The van der Waals surface area contributed by atoms with Crippen LogP contribution in [0.1, 0.15) is 16.2 Å². The van der Waals surface area contributed by atoms with E-state index >= 15 is 0 Å². The van der Waals surface area contributed by atoms with Crippen LogP contribution in [0.2, 0.25) is 0 Å². The first kappa shape index (κ1) is 20.8. The average molecular weight is 453 g/mol. The number of thiazole rings is 1. The average Bonchev–Trinajstić information content (AvgIpc) is 3.38. The highest BCUT2D eigenvalue weighted by Crippen LogP contribution is 2.25. The highest BCUT2D eigenvalue weighted by atomic mass is 32.1. The van der Waals surface area contributed by atoms with Crippen LogP contribution in [0.5, 0.6) is 5.75 Å². The number of amides is 1. The number of nitrogens with zero attached hydrogens (tertiary/aromatic N) is 4. The molecule has 162 valence electrons. The summed E-state index contributed by atoms with van der Waals surface area (Å²) in [5.74, 6) is 0.545. The summed E-state index contributed by atoms with van der Waals surface area (Å²) in [6, 6.07) is 23.2. The number of fused-ring (bicyclic) bond motifs is 1. The second-order valence-electron chi connectivity index (χ2n) is 7.42. The van der Waals surface area contributed by atoms with Gasteiger partial charge in [0.25, 0.3) is 5.91 Å². The van der Waals surface area contributed by atoms with Gasteiger partial charge in [0.15, 0.2) is 0 Å². The van der Waals surface area contributed by atoms with Gasteiger partial charge in [-0.1, -0.05) is 24.3 Å². The quantitative estimate of drug-likeness (QED) is 0.335. The summed E-state index contributed by atoms with van der Waals surface area (Å²) in [5, 5.41) is 3.68. The molecule has 0 aliphatic carbocycles. The lowest BCUT2D eigenvalue weighted by atomic mass is 10.2. The normalized spacial score (nSPS) is 10.8. The van der Waals surface area contributed by atoms with E-state index in [0.717, 1.165) is 32.9 Å². The number of ether oxygens (including phenoxy) is 1. The fourth-order valence-electron chi connectivity index (χ4n) is 3.40. The number of rotatable bonds is 6. The molecule has 33 heavy (non-hydrogen) atoms. The predicted molar refractivity (Wildman–Crippen MR) is 131 cm³/mol. The lowest BCUT2D eigenvalue weighted by molar-refractivity contribution is 0.0989. The number of anilines is 1. The number of carbonyl (C=O) groups excluding carboxylic acids is 1. The third kappa shape index (κ3) is 4.58. The molecule has 3 heterocycles. The van der Waals surface area contributed by atoms with Gasteiger partial charge in [0.2, 0.25) is 0 Å². The van der Waals surface area contributed by atoms with E-state index in [1.165, 1.54) is 11.3 Å². The van der Waals surface area contributed by atoms with Crippen LogP contribution in [0.25, 0.3) is 21.5 Å². The van der Waals surface area contributed by atoms with Gasteiger partial charge in [-0.2, -0.15) is 0 Å². The Morgan fingerprint density at radius 3 is 2.55 bits per heavy atom. The van der Waals surface area contributed by atoms with E-state index in [2.05, 4.69) is 15.0 Å². The van der Waals surface area contributed by atoms with Crippen LogP contribution < -0.4 is 9.64 Å². The Morgan fingerprint density at radius 1 is 0.939 bits per heavy atom. The molecule has 0 saturated heterocycles. The van der Waals surface area contributed by atoms with Crippen molar-refractivity contribution >= 4 is 33.8 Å². The molecule has 6 nitrogen and oxygen atoms in total. The smallest absolute Gasteiger partial charge is 0.277 e. The molecule has 0 radical (unpaired) electrons. The Labute approximate surface area is 195 Å². The summed E-state index contributed by atoms with van der Waals surface area (Å²) in [6.07, 6.45) is 3.42. The molecule has 5 rings (SSSR count). The van der Waals surface area contributed by atoms with E-state index < -0.39 is 0 Å². The summed E-state index contributed by atoms with van der Waals surface area (Å²) in [4.78, 5) is 27.6. The van der Waals surface area contributed by atoms with Gasteiger partial charge in [0.05, 0.1) is 11.2 Å². The van der Waals surface area contributed by atoms with Crippen molar-refractivity contribution in [3.8, 4) is 16.3 Å². The van der Waals surface area contributed by atoms with Crippen LogP contribution in [0.15, 0.2) is 90.6 Å². The zero-order valence-electron chi connectivity index (χ0n) is 17.9. The lowest BCUT2D eigenvalue weighted by Gasteiger charge is -2.16. The van der Waals surface area contributed by atoms with E-state index in [4.69, 9.17) is 4.74 Å². The molecule has 0 aliphatic heterocycles. The summed E-state index contributed by atoms with van der Waals surface area (Å²) < 4.78 is 5.89. The van der Waals surface area contributed by atoms with Crippen LogP contribution in [-0.4, -0.2) is 27.9 Å². The van der Waals surface area contributed by atoms with Crippen LogP contribution >= 0.6 is 11.3 Å². The summed E-state index contributed by atoms with van der Waals surface area (Å²) in [5.41, 5.74) is 3.92. The molecule has 0 atom stereocenters. The Bertz CT molecular complexity index is 1400. The number of pyridine rings is 2. The SMILES string of the molecule is CN(C(=O)c1csc(-c2ccncc2)n1)c1ccc(OCc2ccc3ccccc3n2)cc1. The molecule has 0 saturated carbocycles. The Kier molecular flexibility index (Phi) is 5.78. The highest BCUT2D eigenvalue weighted by Gasteiger charge is 2.17. The first-order valence-electron chi connectivity index (χ1n) is 10.4.